The first-order chi connectivity index (χ1) is 15.1. The molecule has 0 N–H and O–H groups in total. The van der Waals surface area contributed by atoms with Crippen molar-refractivity contribution in [2.45, 2.75) is 26.8 Å². The molecule has 160 valence electrons. The van der Waals surface area contributed by atoms with E-state index in [2.05, 4.69) is 72.2 Å². The van der Waals surface area contributed by atoms with E-state index in [9.17, 15) is 4.79 Å². The van der Waals surface area contributed by atoms with Gasteiger partial charge >= 0.3 is 0 Å². The summed E-state index contributed by atoms with van der Waals surface area (Å²) in [4.78, 5) is 20.1. The molecule has 0 unspecified atom stereocenters. The summed E-state index contributed by atoms with van der Waals surface area (Å²) < 4.78 is 0. The zero-order valence-corrected chi connectivity index (χ0v) is 18.6. The van der Waals surface area contributed by atoms with Crippen LogP contribution in [0.3, 0.4) is 0 Å². The number of hydrogen-bond donors (Lipinski definition) is 0. The lowest BCUT2D eigenvalue weighted by Gasteiger charge is -2.26. The van der Waals surface area contributed by atoms with E-state index in [1.54, 1.807) is 0 Å². The second-order valence-corrected chi connectivity index (χ2v) is 9.24. The second-order valence-electron chi connectivity index (χ2n) is 9.24. The summed E-state index contributed by atoms with van der Waals surface area (Å²) in [7, 11) is 0. The Bertz CT molecular complexity index is 1090. The second kappa shape index (κ2) is 8.35. The Morgan fingerprint density at radius 1 is 0.839 bits per heavy atom. The van der Waals surface area contributed by atoms with Gasteiger partial charge in [0.25, 0.3) is 5.91 Å². The van der Waals surface area contributed by atoms with Crippen molar-refractivity contribution in [3.8, 4) is 0 Å². The summed E-state index contributed by atoms with van der Waals surface area (Å²) in [5.74, 6) is 0.588. The number of anilines is 2. The summed E-state index contributed by atoms with van der Waals surface area (Å²) in [6.45, 7) is 10.3. The van der Waals surface area contributed by atoms with Gasteiger partial charge in [0.05, 0.1) is 5.69 Å². The van der Waals surface area contributed by atoms with Crippen molar-refractivity contribution < 1.29 is 4.79 Å². The Balaban J connectivity index is 1.42. The molecule has 1 amide bonds. The van der Waals surface area contributed by atoms with Gasteiger partial charge in [-0.05, 0) is 36.1 Å². The molecule has 0 aliphatic carbocycles. The van der Waals surface area contributed by atoms with Gasteiger partial charge < -0.3 is 9.80 Å². The molecule has 2 heterocycles. The number of carbonyl (C=O) groups is 1. The smallest absolute Gasteiger partial charge is 0.259 e. The molecule has 0 spiro atoms. The molecule has 0 bridgehead atoms. The van der Waals surface area contributed by atoms with Crippen LogP contribution in [-0.4, -0.2) is 43.5 Å². The van der Waals surface area contributed by atoms with Gasteiger partial charge in [-0.2, -0.15) is 0 Å². The molecule has 4 nitrogen and oxygen atoms in total. The first-order valence-corrected chi connectivity index (χ1v) is 11.5. The number of hydrogen-bond acceptors (Lipinski definition) is 3. The number of benzene rings is 3. The Kier molecular flexibility index (Phi) is 5.41. The fraction of sp³-hybridized carbons (Fsp3) is 0.370. The summed E-state index contributed by atoms with van der Waals surface area (Å²) in [5.41, 5.74) is 4.58. The molecule has 1 fully saturated rings. The molecule has 0 saturated carbocycles. The van der Waals surface area contributed by atoms with Gasteiger partial charge in [0.2, 0.25) is 0 Å². The third-order valence-electron chi connectivity index (χ3n) is 6.49. The summed E-state index contributed by atoms with van der Waals surface area (Å²) in [6.07, 6.45) is 1.15. The maximum absolute atomic E-state index is 13.1. The molecule has 3 aromatic carbocycles. The molecule has 0 aromatic heterocycles. The van der Waals surface area contributed by atoms with Crippen LogP contribution in [0.2, 0.25) is 0 Å². The fourth-order valence-corrected chi connectivity index (χ4v) is 5.06. The average Bonchev–Trinajstić information content (AvgIpc) is 2.92. The third kappa shape index (κ3) is 3.81. The average molecular weight is 414 g/mol. The maximum atomic E-state index is 13.1. The van der Waals surface area contributed by atoms with Gasteiger partial charge in [0.1, 0.15) is 0 Å². The van der Waals surface area contributed by atoms with Crippen LogP contribution in [0.4, 0.5) is 11.4 Å². The van der Waals surface area contributed by atoms with Crippen molar-refractivity contribution >= 4 is 28.1 Å². The maximum Gasteiger partial charge on any atom is 0.259 e. The summed E-state index contributed by atoms with van der Waals surface area (Å²) >= 11 is 0. The van der Waals surface area contributed by atoms with Gasteiger partial charge in [0, 0.05) is 61.3 Å². The summed E-state index contributed by atoms with van der Waals surface area (Å²) in [6, 6.07) is 21.4. The SMILES string of the molecule is CC(C)CN1C(=O)c2cccc3c(N4CCCN(Cc5ccccc5)CC4)ccc1c23. The standard InChI is InChI=1S/C27H31N3O/c1-20(2)18-30-25-13-12-24(22-10-6-11-23(26(22)25)27(30)31)29-15-7-14-28(16-17-29)19-21-8-4-3-5-9-21/h3-6,8-13,20H,7,14-19H2,1-2H3. The molecule has 2 aliphatic heterocycles. The van der Waals surface area contributed by atoms with E-state index in [-0.39, 0.29) is 5.91 Å². The Morgan fingerprint density at radius 3 is 2.45 bits per heavy atom. The van der Waals surface area contributed by atoms with Gasteiger partial charge in [-0.15, -0.1) is 0 Å². The van der Waals surface area contributed by atoms with Crippen LogP contribution in [0.1, 0.15) is 36.2 Å². The van der Waals surface area contributed by atoms with Gasteiger partial charge in [-0.3, -0.25) is 9.69 Å². The van der Waals surface area contributed by atoms with E-state index in [4.69, 9.17) is 0 Å². The zero-order chi connectivity index (χ0) is 21.4. The van der Waals surface area contributed by atoms with E-state index in [0.717, 1.165) is 62.3 Å². The molecule has 2 aliphatic rings. The normalized spacial score (nSPS) is 17.1. The monoisotopic (exact) mass is 413 g/mol. The topological polar surface area (TPSA) is 26.8 Å². The lowest BCUT2D eigenvalue weighted by atomic mass is 10.0. The van der Waals surface area contributed by atoms with Crippen LogP contribution in [0.5, 0.6) is 0 Å². The van der Waals surface area contributed by atoms with Gasteiger partial charge in [-0.1, -0.05) is 56.3 Å². The molecule has 31 heavy (non-hydrogen) atoms. The van der Waals surface area contributed by atoms with Crippen molar-refractivity contribution in [3.05, 3.63) is 71.8 Å². The molecular formula is C27H31N3O. The number of carbonyl (C=O) groups excluding carboxylic acids is 1. The van der Waals surface area contributed by atoms with Crippen LogP contribution >= 0.6 is 0 Å². The largest absolute Gasteiger partial charge is 0.370 e. The minimum Gasteiger partial charge on any atom is -0.370 e. The van der Waals surface area contributed by atoms with Crippen molar-refractivity contribution in [1.82, 2.24) is 4.90 Å². The van der Waals surface area contributed by atoms with E-state index in [1.165, 1.54) is 16.6 Å². The Labute approximate surface area is 185 Å². The van der Waals surface area contributed by atoms with Crippen LogP contribution < -0.4 is 9.80 Å². The number of amides is 1. The Morgan fingerprint density at radius 2 is 1.65 bits per heavy atom. The highest BCUT2D eigenvalue weighted by Gasteiger charge is 2.31. The fourth-order valence-electron chi connectivity index (χ4n) is 5.06. The van der Waals surface area contributed by atoms with Gasteiger partial charge in [0.15, 0.2) is 0 Å². The molecule has 0 radical (unpaired) electrons. The van der Waals surface area contributed by atoms with Crippen LogP contribution in [0.25, 0.3) is 10.8 Å². The Hall–Kier alpha value is -2.85. The predicted octanol–water partition coefficient (Wildman–Crippen LogP) is 5.17. The van der Waals surface area contributed by atoms with Crippen molar-refractivity contribution in [3.63, 3.8) is 0 Å². The van der Waals surface area contributed by atoms with E-state index in [1.807, 2.05) is 17.0 Å². The van der Waals surface area contributed by atoms with Crippen molar-refractivity contribution in [2.75, 3.05) is 42.5 Å². The minimum atomic E-state index is 0.149. The molecule has 1 saturated heterocycles. The molecule has 0 atom stereocenters. The van der Waals surface area contributed by atoms with E-state index in [0.29, 0.717) is 5.92 Å². The van der Waals surface area contributed by atoms with Gasteiger partial charge in [-0.25, -0.2) is 0 Å². The summed E-state index contributed by atoms with van der Waals surface area (Å²) in [5, 5.41) is 2.35. The molecule has 3 aromatic rings. The third-order valence-corrected chi connectivity index (χ3v) is 6.49. The van der Waals surface area contributed by atoms with E-state index >= 15 is 0 Å². The first-order valence-electron chi connectivity index (χ1n) is 11.5. The molecule has 4 heteroatoms. The van der Waals surface area contributed by atoms with Crippen molar-refractivity contribution in [1.29, 1.82) is 0 Å². The molecule has 5 rings (SSSR count). The quantitative estimate of drug-likeness (QED) is 0.577. The molecular weight excluding hydrogens is 382 g/mol. The zero-order valence-electron chi connectivity index (χ0n) is 18.6. The number of rotatable bonds is 5. The van der Waals surface area contributed by atoms with Crippen LogP contribution in [0, 0.1) is 5.92 Å². The van der Waals surface area contributed by atoms with Crippen molar-refractivity contribution in [2.24, 2.45) is 5.92 Å². The highest BCUT2D eigenvalue weighted by molar-refractivity contribution is 6.26. The predicted molar refractivity (Wildman–Crippen MR) is 129 cm³/mol. The van der Waals surface area contributed by atoms with Crippen LogP contribution in [0.15, 0.2) is 60.7 Å². The van der Waals surface area contributed by atoms with E-state index < -0.39 is 0 Å². The highest BCUT2D eigenvalue weighted by atomic mass is 16.2. The number of nitrogens with zero attached hydrogens (tertiary/aromatic N) is 3. The first kappa shape index (κ1) is 20.1. The lowest BCUT2D eigenvalue weighted by molar-refractivity contribution is 0.0990. The highest BCUT2D eigenvalue weighted by Crippen LogP contribution is 2.42. The minimum absolute atomic E-state index is 0.149. The van der Waals surface area contributed by atoms with Crippen LogP contribution in [-0.2, 0) is 6.54 Å². The lowest BCUT2D eigenvalue weighted by Crippen LogP contribution is -2.31.